The number of halogens is 1. The van der Waals surface area contributed by atoms with Crippen LogP contribution in [0.4, 0.5) is 17.1 Å². The SMILES string of the molecule is C=C(C)[C@@H]1CC[C@]2(C(=O)OCCCC[n+]3ccc(/C=C/c4ccc(N(c5ccccc5)c5ccccc5)cc4)cc3)CC[C@]3(C)[C@H](CC[C@@H]4[C@@]5(C)CC[C@H](O)C(C)(C)[C@@H]5CC[C@]43C)[C@@H]12.[Br-]. The van der Waals surface area contributed by atoms with Crippen molar-refractivity contribution in [2.75, 3.05) is 11.5 Å². The average Bonchev–Trinajstić information content (AvgIpc) is 3.70. The van der Waals surface area contributed by atoms with Crippen LogP contribution >= 0.6 is 0 Å². The number of para-hydroxylation sites is 2. The number of anilines is 3. The molecule has 1 aromatic heterocycles. The molecule has 5 saturated carbocycles. The van der Waals surface area contributed by atoms with Gasteiger partial charge in [0.15, 0.2) is 12.4 Å². The van der Waals surface area contributed by atoms with Gasteiger partial charge in [-0.05, 0) is 176 Å². The van der Waals surface area contributed by atoms with E-state index in [1.54, 1.807) is 0 Å². The number of rotatable bonds is 12. The number of ether oxygens (including phenoxy) is 1. The molecule has 4 aromatic rings. The molecule has 0 aliphatic heterocycles. The van der Waals surface area contributed by atoms with Gasteiger partial charge in [0.2, 0.25) is 0 Å². The third-order valence-electron chi connectivity index (χ3n) is 19.1. The van der Waals surface area contributed by atoms with E-state index in [4.69, 9.17) is 4.74 Å². The fourth-order valence-corrected chi connectivity index (χ4v) is 15.4. The van der Waals surface area contributed by atoms with E-state index in [0.29, 0.717) is 36.2 Å². The van der Waals surface area contributed by atoms with Gasteiger partial charge in [-0.25, -0.2) is 4.57 Å². The number of aromatic nitrogens is 1. The Morgan fingerprint density at radius 3 is 1.95 bits per heavy atom. The van der Waals surface area contributed by atoms with E-state index in [9.17, 15) is 9.90 Å². The first-order chi connectivity index (χ1) is 30.7. The predicted octanol–water partition coefficient (Wildman–Crippen LogP) is 11.0. The van der Waals surface area contributed by atoms with E-state index < -0.39 is 0 Å². The molecule has 3 aromatic carbocycles. The maximum Gasteiger partial charge on any atom is 0.312 e. The zero-order chi connectivity index (χ0) is 44.9. The van der Waals surface area contributed by atoms with Gasteiger partial charge < -0.3 is 31.7 Å². The molecule has 10 atom stereocenters. The summed E-state index contributed by atoms with van der Waals surface area (Å²) in [6.45, 7) is 20.8. The molecule has 5 fully saturated rings. The van der Waals surface area contributed by atoms with Crippen molar-refractivity contribution >= 4 is 35.2 Å². The summed E-state index contributed by atoms with van der Waals surface area (Å²) in [5.41, 5.74) is 7.19. The number of hydrogen-bond acceptors (Lipinski definition) is 4. The number of aliphatic hydroxyl groups is 1. The Bertz CT molecular complexity index is 2270. The zero-order valence-electron chi connectivity index (χ0n) is 40.2. The number of aliphatic hydroxyl groups excluding tert-OH is 1. The summed E-state index contributed by atoms with van der Waals surface area (Å²) in [7, 11) is 0. The summed E-state index contributed by atoms with van der Waals surface area (Å²) in [4.78, 5) is 16.8. The van der Waals surface area contributed by atoms with E-state index in [1.165, 1.54) is 31.3 Å². The molecule has 0 unspecified atom stereocenters. The fraction of sp³-hybridized carbons (Fsp3) is 0.525. The summed E-state index contributed by atoms with van der Waals surface area (Å²) in [5.74, 6) is 2.51. The first-order valence-electron chi connectivity index (χ1n) is 24.9. The quantitative estimate of drug-likeness (QED) is 0.0666. The number of benzene rings is 3. The lowest BCUT2D eigenvalue weighted by Crippen LogP contribution is -3.00. The summed E-state index contributed by atoms with van der Waals surface area (Å²) in [6.07, 6.45) is 21.3. The van der Waals surface area contributed by atoms with Crippen LogP contribution in [0.2, 0.25) is 0 Å². The third kappa shape index (κ3) is 8.29. The summed E-state index contributed by atoms with van der Waals surface area (Å²) >= 11 is 0. The highest BCUT2D eigenvalue weighted by Gasteiger charge is 2.72. The number of pyridine rings is 1. The second kappa shape index (κ2) is 18.6. The molecule has 1 N–H and O–H groups in total. The number of carbonyl (C=O) groups is 1. The van der Waals surface area contributed by atoms with Gasteiger partial charge >= 0.3 is 5.97 Å². The van der Waals surface area contributed by atoms with Crippen LogP contribution in [0.15, 0.2) is 122 Å². The van der Waals surface area contributed by atoms with Crippen molar-refractivity contribution in [3.05, 3.63) is 133 Å². The summed E-state index contributed by atoms with van der Waals surface area (Å²) in [6, 6.07) is 34.1. The van der Waals surface area contributed by atoms with Gasteiger partial charge in [-0.2, -0.15) is 0 Å². The molecule has 6 heteroatoms. The smallest absolute Gasteiger partial charge is 0.312 e. The largest absolute Gasteiger partial charge is 1.00 e. The lowest BCUT2D eigenvalue weighted by atomic mass is 9.32. The molecular formula is C59H75BrN2O3. The molecule has 65 heavy (non-hydrogen) atoms. The number of hydrogen-bond donors (Lipinski definition) is 1. The van der Waals surface area contributed by atoms with Gasteiger partial charge in [0, 0.05) is 35.6 Å². The van der Waals surface area contributed by atoms with Crippen LogP contribution in [0, 0.1) is 56.7 Å². The van der Waals surface area contributed by atoms with Gasteiger partial charge in [-0.3, -0.25) is 4.79 Å². The Morgan fingerprint density at radius 2 is 1.32 bits per heavy atom. The van der Waals surface area contributed by atoms with E-state index in [0.717, 1.165) is 86.1 Å². The first kappa shape index (κ1) is 47.5. The van der Waals surface area contributed by atoms with Crippen molar-refractivity contribution < 1.29 is 36.2 Å². The Labute approximate surface area is 401 Å². The van der Waals surface area contributed by atoms with E-state index in [2.05, 4.69) is 179 Å². The maximum absolute atomic E-state index is 14.6. The number of aryl methyl sites for hydroxylation is 1. The molecule has 346 valence electrons. The lowest BCUT2D eigenvalue weighted by molar-refractivity contribution is -0.697. The van der Waals surface area contributed by atoms with Crippen LogP contribution in [0.5, 0.6) is 0 Å². The number of nitrogens with zero attached hydrogens (tertiary/aromatic N) is 2. The zero-order valence-corrected chi connectivity index (χ0v) is 41.7. The standard InChI is InChI=1S/C59H75N2O3.BrH/c1-42(2)48-28-35-59(37-36-57(6)49(53(48)59)26-27-51-56(5)33-30-52(62)55(3,4)50(56)29-34-58(51,57)7)54(63)64-41-15-14-38-60-39-31-44(32-40-60)21-20-43-22-24-47(25-23-43)61(45-16-10-8-11-17-45)46-18-12-9-13-19-46;/h8-13,16-25,31-32,39-40,48-53,62H,1,14-15,26-30,33-38,41H2,2-7H3;1H/q+1;/p-1/t48-,49+,50-,51+,52-,53+,56-,57+,58+,59-;/m0./s1. The van der Waals surface area contributed by atoms with E-state index in [1.807, 2.05) is 0 Å². The van der Waals surface area contributed by atoms with Crippen molar-refractivity contribution in [1.82, 2.24) is 0 Å². The molecule has 0 spiro atoms. The van der Waals surface area contributed by atoms with Gasteiger partial charge in [-0.1, -0.05) is 107 Å². The molecule has 0 saturated heterocycles. The molecule has 5 aliphatic rings. The van der Waals surface area contributed by atoms with Crippen molar-refractivity contribution in [2.24, 2.45) is 56.7 Å². The molecule has 9 rings (SSSR count). The maximum atomic E-state index is 14.6. The van der Waals surface area contributed by atoms with Crippen molar-refractivity contribution in [3.8, 4) is 0 Å². The fourth-order valence-electron chi connectivity index (χ4n) is 15.4. The van der Waals surface area contributed by atoms with Crippen LogP contribution in [0.25, 0.3) is 12.2 Å². The second-order valence-corrected chi connectivity index (χ2v) is 22.4. The topological polar surface area (TPSA) is 53.7 Å². The Hall–Kier alpha value is -4.00. The number of unbranched alkanes of at least 4 members (excludes halogenated alkanes) is 1. The highest BCUT2D eigenvalue weighted by molar-refractivity contribution is 5.79. The molecule has 0 amide bonds. The first-order valence-corrected chi connectivity index (χ1v) is 24.9. The highest BCUT2D eigenvalue weighted by atomic mass is 79.9. The Morgan fingerprint density at radius 1 is 0.708 bits per heavy atom. The van der Waals surface area contributed by atoms with Gasteiger partial charge in [0.25, 0.3) is 0 Å². The Kier molecular flexibility index (Phi) is 13.6. The lowest BCUT2D eigenvalue weighted by Gasteiger charge is -2.72. The van der Waals surface area contributed by atoms with Crippen molar-refractivity contribution in [1.29, 1.82) is 0 Å². The van der Waals surface area contributed by atoms with Crippen LogP contribution in [0.3, 0.4) is 0 Å². The number of esters is 1. The van der Waals surface area contributed by atoms with Crippen molar-refractivity contribution in [3.63, 3.8) is 0 Å². The Balaban J connectivity index is 0.00000576. The molecule has 0 radical (unpaired) electrons. The normalized spacial score (nSPS) is 33.4. The predicted molar refractivity (Wildman–Crippen MR) is 262 cm³/mol. The monoisotopic (exact) mass is 938 g/mol. The van der Waals surface area contributed by atoms with Crippen LogP contribution < -0.4 is 26.4 Å². The van der Waals surface area contributed by atoms with Crippen molar-refractivity contribution in [2.45, 2.75) is 131 Å². The van der Waals surface area contributed by atoms with Crippen LogP contribution in [-0.4, -0.2) is 23.8 Å². The van der Waals surface area contributed by atoms with Gasteiger partial charge in [0.1, 0.15) is 6.54 Å². The molecule has 5 aliphatic carbocycles. The van der Waals surface area contributed by atoms with Gasteiger partial charge in [0.05, 0.1) is 18.1 Å². The van der Waals surface area contributed by atoms with E-state index in [-0.39, 0.29) is 56.1 Å². The molecule has 0 bridgehead atoms. The molecule has 5 nitrogen and oxygen atoms in total. The summed E-state index contributed by atoms with van der Waals surface area (Å²) < 4.78 is 8.60. The molecular weight excluding hydrogens is 865 g/mol. The highest BCUT2D eigenvalue weighted by Crippen LogP contribution is 2.77. The number of allylic oxidation sites excluding steroid dienone is 1. The van der Waals surface area contributed by atoms with Gasteiger partial charge in [-0.15, -0.1) is 0 Å². The second-order valence-electron chi connectivity index (χ2n) is 22.4. The number of fused-ring (bicyclic) bond motifs is 7. The minimum Gasteiger partial charge on any atom is -1.00 e. The van der Waals surface area contributed by atoms with Crippen LogP contribution in [0.1, 0.15) is 130 Å². The number of carbonyl (C=O) groups excluding carboxylic acids is 1. The van der Waals surface area contributed by atoms with E-state index >= 15 is 0 Å². The minimum absolute atomic E-state index is 0. The average molecular weight is 940 g/mol. The molecule has 1 heterocycles. The van der Waals surface area contributed by atoms with Crippen LogP contribution in [-0.2, 0) is 16.1 Å². The summed E-state index contributed by atoms with van der Waals surface area (Å²) in [5, 5.41) is 11.2. The minimum atomic E-state index is -0.389. The third-order valence-corrected chi connectivity index (χ3v) is 19.1.